The van der Waals surface area contributed by atoms with Gasteiger partial charge >= 0.3 is 0 Å². The maximum atomic E-state index is 12.7. The predicted octanol–water partition coefficient (Wildman–Crippen LogP) is 4.14. The lowest BCUT2D eigenvalue weighted by Crippen LogP contribution is -2.41. The topological polar surface area (TPSA) is 67.2 Å². The number of carbonyl (C=O) groups is 2. The summed E-state index contributed by atoms with van der Waals surface area (Å²) in [4.78, 5) is 27.8. The Morgan fingerprint density at radius 1 is 1.14 bits per heavy atom. The van der Waals surface area contributed by atoms with E-state index in [0.29, 0.717) is 43.3 Å². The molecule has 0 aliphatic carbocycles. The summed E-state index contributed by atoms with van der Waals surface area (Å²) in [6, 6.07) is 13.1. The van der Waals surface area contributed by atoms with Gasteiger partial charge in [0.05, 0.1) is 17.6 Å². The van der Waals surface area contributed by atoms with Crippen molar-refractivity contribution in [1.82, 2.24) is 14.7 Å². The van der Waals surface area contributed by atoms with E-state index in [-0.39, 0.29) is 17.7 Å². The van der Waals surface area contributed by atoms with Gasteiger partial charge in [-0.3, -0.25) is 9.59 Å². The highest BCUT2D eigenvalue weighted by Crippen LogP contribution is 2.22. The molecule has 3 aromatic rings. The smallest absolute Gasteiger partial charge is 0.263 e. The summed E-state index contributed by atoms with van der Waals surface area (Å²) in [5, 5.41) is 9.90. The first kappa shape index (κ1) is 19.7. The molecule has 1 saturated heterocycles. The number of hydrogen-bond donors (Lipinski definition) is 1. The number of nitrogens with zero attached hydrogens (tertiary/aromatic N) is 3. The lowest BCUT2D eigenvalue weighted by atomic mass is 9.96. The Hall–Kier alpha value is -2.64. The third kappa shape index (κ3) is 4.68. The second-order valence-electron chi connectivity index (χ2n) is 7.03. The number of amides is 2. The number of benzene rings is 1. The monoisotopic (exact) mass is 428 g/mol. The van der Waals surface area contributed by atoms with Gasteiger partial charge in [0.2, 0.25) is 5.91 Å². The van der Waals surface area contributed by atoms with E-state index in [2.05, 4.69) is 10.4 Å². The van der Waals surface area contributed by atoms with Crippen LogP contribution in [0.4, 0.5) is 5.82 Å². The molecular formula is C21H21ClN4O2S. The van der Waals surface area contributed by atoms with E-state index >= 15 is 0 Å². The molecule has 0 spiro atoms. The first-order valence-corrected chi connectivity index (χ1v) is 10.8. The highest BCUT2D eigenvalue weighted by molar-refractivity contribution is 7.12. The summed E-state index contributed by atoms with van der Waals surface area (Å²) < 4.78 is 1.76. The molecular weight excluding hydrogens is 408 g/mol. The molecule has 1 aromatic carbocycles. The van der Waals surface area contributed by atoms with E-state index in [0.717, 1.165) is 10.4 Å². The molecule has 1 aliphatic heterocycles. The van der Waals surface area contributed by atoms with Gasteiger partial charge < -0.3 is 10.2 Å². The quantitative estimate of drug-likeness (QED) is 0.664. The van der Waals surface area contributed by atoms with Gasteiger partial charge in [-0.25, -0.2) is 4.68 Å². The van der Waals surface area contributed by atoms with Gasteiger partial charge in [-0.2, -0.15) is 5.10 Å². The fourth-order valence-corrected chi connectivity index (χ4v) is 4.27. The minimum absolute atomic E-state index is 0.0221. The van der Waals surface area contributed by atoms with E-state index in [1.807, 2.05) is 46.7 Å². The zero-order chi connectivity index (χ0) is 20.2. The highest BCUT2D eigenvalue weighted by Gasteiger charge is 2.28. The molecule has 150 valence electrons. The minimum Gasteiger partial charge on any atom is -0.338 e. The van der Waals surface area contributed by atoms with Crippen molar-refractivity contribution in [2.45, 2.75) is 19.4 Å². The van der Waals surface area contributed by atoms with Crippen LogP contribution in [0.2, 0.25) is 5.02 Å². The summed E-state index contributed by atoms with van der Waals surface area (Å²) in [7, 11) is 0. The fraction of sp³-hybridized carbons (Fsp3) is 0.286. The van der Waals surface area contributed by atoms with Crippen LogP contribution in [0.15, 0.2) is 54.0 Å². The first-order chi connectivity index (χ1) is 14.1. The molecule has 0 bridgehead atoms. The molecule has 2 amide bonds. The number of aromatic nitrogens is 2. The maximum Gasteiger partial charge on any atom is 0.263 e. The van der Waals surface area contributed by atoms with Crippen molar-refractivity contribution in [2.75, 3.05) is 18.4 Å². The number of anilines is 1. The molecule has 6 nitrogen and oxygen atoms in total. The summed E-state index contributed by atoms with van der Waals surface area (Å²) in [6.07, 6.45) is 3.00. The Labute approximate surface area is 178 Å². The van der Waals surface area contributed by atoms with E-state index in [9.17, 15) is 9.59 Å². The Morgan fingerprint density at radius 3 is 2.59 bits per heavy atom. The fourth-order valence-electron chi connectivity index (χ4n) is 3.46. The van der Waals surface area contributed by atoms with Crippen LogP contribution in [0.3, 0.4) is 0 Å². The van der Waals surface area contributed by atoms with Crippen LogP contribution in [0, 0.1) is 5.92 Å². The summed E-state index contributed by atoms with van der Waals surface area (Å²) >= 11 is 7.39. The van der Waals surface area contributed by atoms with Crippen LogP contribution >= 0.6 is 22.9 Å². The molecule has 4 rings (SSSR count). The zero-order valence-electron chi connectivity index (χ0n) is 15.8. The van der Waals surface area contributed by atoms with Crippen LogP contribution < -0.4 is 5.32 Å². The van der Waals surface area contributed by atoms with Gasteiger partial charge in [-0.05, 0) is 42.0 Å². The van der Waals surface area contributed by atoms with Crippen molar-refractivity contribution < 1.29 is 9.59 Å². The predicted molar refractivity (Wildman–Crippen MR) is 114 cm³/mol. The number of nitrogens with one attached hydrogen (secondary N) is 1. The minimum atomic E-state index is -0.110. The molecule has 1 fully saturated rings. The van der Waals surface area contributed by atoms with Crippen molar-refractivity contribution >= 4 is 40.6 Å². The molecule has 0 saturated carbocycles. The van der Waals surface area contributed by atoms with Crippen molar-refractivity contribution in [3.8, 4) is 0 Å². The van der Waals surface area contributed by atoms with Crippen LogP contribution in [-0.2, 0) is 11.3 Å². The number of thiophene rings is 1. The SMILES string of the molecule is O=C(Nc1ccnn1Cc1ccc(Cl)cc1)C1CCN(C(=O)c2cccs2)CC1. The highest BCUT2D eigenvalue weighted by atomic mass is 35.5. The summed E-state index contributed by atoms with van der Waals surface area (Å²) in [6.45, 7) is 1.74. The molecule has 0 unspecified atom stereocenters. The molecule has 0 radical (unpaired) electrons. The van der Waals surface area contributed by atoms with Gasteiger partial charge in [-0.1, -0.05) is 29.8 Å². The van der Waals surface area contributed by atoms with Crippen molar-refractivity contribution in [3.63, 3.8) is 0 Å². The molecule has 1 N–H and O–H groups in total. The number of carbonyl (C=O) groups excluding carboxylic acids is 2. The van der Waals surface area contributed by atoms with E-state index in [1.165, 1.54) is 11.3 Å². The lowest BCUT2D eigenvalue weighted by molar-refractivity contribution is -0.121. The second kappa shape index (κ2) is 8.80. The lowest BCUT2D eigenvalue weighted by Gasteiger charge is -2.31. The van der Waals surface area contributed by atoms with E-state index in [4.69, 9.17) is 11.6 Å². The number of rotatable bonds is 5. The first-order valence-electron chi connectivity index (χ1n) is 9.50. The van der Waals surface area contributed by atoms with Crippen LogP contribution in [0.5, 0.6) is 0 Å². The van der Waals surface area contributed by atoms with Gasteiger partial charge in [0.25, 0.3) is 5.91 Å². The number of likely N-dealkylation sites (tertiary alicyclic amines) is 1. The zero-order valence-corrected chi connectivity index (χ0v) is 17.3. The van der Waals surface area contributed by atoms with Crippen LogP contribution in [-0.4, -0.2) is 39.6 Å². The van der Waals surface area contributed by atoms with Gasteiger partial charge in [-0.15, -0.1) is 11.3 Å². The molecule has 2 aromatic heterocycles. The summed E-state index contributed by atoms with van der Waals surface area (Å²) in [5.41, 5.74) is 1.05. The number of hydrogen-bond acceptors (Lipinski definition) is 4. The van der Waals surface area contributed by atoms with Crippen molar-refractivity contribution in [3.05, 3.63) is 69.5 Å². The number of halogens is 1. The standard InChI is InChI=1S/C21H21ClN4O2S/c22-17-5-3-15(4-6-17)14-26-19(7-10-23-26)24-20(27)16-8-11-25(12-9-16)21(28)18-2-1-13-29-18/h1-7,10,13,16H,8-9,11-12,14H2,(H,24,27). The van der Waals surface area contributed by atoms with Crippen LogP contribution in [0.25, 0.3) is 0 Å². The number of piperidine rings is 1. The molecule has 1 aliphatic rings. The average molecular weight is 429 g/mol. The van der Waals surface area contributed by atoms with Gasteiger partial charge in [0.15, 0.2) is 0 Å². The van der Waals surface area contributed by atoms with Crippen molar-refractivity contribution in [2.24, 2.45) is 5.92 Å². The molecule has 8 heteroatoms. The maximum absolute atomic E-state index is 12.7. The molecule has 0 atom stereocenters. The Kier molecular flexibility index (Phi) is 5.97. The average Bonchev–Trinajstić information content (AvgIpc) is 3.42. The van der Waals surface area contributed by atoms with Crippen LogP contribution in [0.1, 0.15) is 28.1 Å². The largest absolute Gasteiger partial charge is 0.338 e. The van der Waals surface area contributed by atoms with Gasteiger partial charge in [0, 0.05) is 30.1 Å². The van der Waals surface area contributed by atoms with E-state index in [1.54, 1.807) is 16.9 Å². The Bertz CT molecular complexity index is 977. The molecule has 3 heterocycles. The third-order valence-electron chi connectivity index (χ3n) is 5.10. The second-order valence-corrected chi connectivity index (χ2v) is 8.42. The Balaban J connectivity index is 1.33. The van der Waals surface area contributed by atoms with Gasteiger partial charge in [0.1, 0.15) is 5.82 Å². The normalized spacial score (nSPS) is 14.7. The third-order valence-corrected chi connectivity index (χ3v) is 6.21. The Morgan fingerprint density at radius 2 is 1.90 bits per heavy atom. The molecule has 29 heavy (non-hydrogen) atoms. The summed E-state index contributed by atoms with van der Waals surface area (Å²) in [5.74, 6) is 0.592. The van der Waals surface area contributed by atoms with E-state index < -0.39 is 0 Å². The van der Waals surface area contributed by atoms with Crippen molar-refractivity contribution in [1.29, 1.82) is 0 Å².